The van der Waals surface area contributed by atoms with Crippen molar-refractivity contribution in [3.05, 3.63) is 81.7 Å². The molecule has 0 aromatic heterocycles. The van der Waals surface area contributed by atoms with E-state index in [-0.39, 0.29) is 6.04 Å². The molecule has 0 spiro atoms. The lowest BCUT2D eigenvalue weighted by Crippen LogP contribution is -1.95. The number of ether oxygens (including phenoxy) is 1. The Morgan fingerprint density at radius 2 is 1.60 bits per heavy atom. The maximum absolute atomic E-state index is 8.42. The molecule has 0 N–H and O–H groups in total. The Labute approximate surface area is 118 Å². The van der Waals surface area contributed by atoms with E-state index in [0.29, 0.717) is 13.2 Å². The Hall–Kier alpha value is -2.29. The molecule has 4 nitrogen and oxygen atoms in total. The van der Waals surface area contributed by atoms with Crippen molar-refractivity contribution < 1.29 is 4.74 Å². The molecule has 2 aromatic carbocycles. The highest BCUT2D eigenvalue weighted by molar-refractivity contribution is 5.24. The summed E-state index contributed by atoms with van der Waals surface area (Å²) in [6.07, 6.45) is 0. The van der Waals surface area contributed by atoms with Crippen LogP contribution in [0, 0.1) is 0 Å². The smallest absolute Gasteiger partial charge is 0.0721 e. The largest absolute Gasteiger partial charge is 0.372 e. The molecule has 0 aliphatic heterocycles. The molecular formula is C16H17N3O. The van der Waals surface area contributed by atoms with Crippen molar-refractivity contribution in [1.82, 2.24) is 0 Å². The van der Waals surface area contributed by atoms with Crippen LogP contribution in [0.15, 0.2) is 59.7 Å². The molecule has 0 amide bonds. The van der Waals surface area contributed by atoms with Gasteiger partial charge in [0.15, 0.2) is 0 Å². The van der Waals surface area contributed by atoms with Crippen LogP contribution in [-0.2, 0) is 18.0 Å². The minimum atomic E-state index is -0.140. The van der Waals surface area contributed by atoms with Gasteiger partial charge in [0.1, 0.15) is 0 Å². The van der Waals surface area contributed by atoms with E-state index >= 15 is 0 Å². The van der Waals surface area contributed by atoms with Crippen molar-refractivity contribution in [3.8, 4) is 0 Å². The highest BCUT2D eigenvalue weighted by atomic mass is 16.5. The average Bonchev–Trinajstić information content (AvgIpc) is 2.49. The van der Waals surface area contributed by atoms with Gasteiger partial charge < -0.3 is 4.74 Å². The predicted molar refractivity (Wildman–Crippen MR) is 78.9 cm³/mol. The molecule has 1 unspecified atom stereocenters. The van der Waals surface area contributed by atoms with E-state index in [1.165, 1.54) is 5.56 Å². The van der Waals surface area contributed by atoms with Gasteiger partial charge in [-0.05, 0) is 22.2 Å². The maximum atomic E-state index is 8.42. The van der Waals surface area contributed by atoms with Gasteiger partial charge in [0.25, 0.3) is 0 Å². The molecule has 0 heterocycles. The summed E-state index contributed by atoms with van der Waals surface area (Å²) >= 11 is 0. The first-order valence-electron chi connectivity index (χ1n) is 6.54. The first-order valence-corrected chi connectivity index (χ1v) is 6.54. The Balaban J connectivity index is 1.86. The molecule has 0 saturated heterocycles. The maximum Gasteiger partial charge on any atom is 0.0721 e. The van der Waals surface area contributed by atoms with Gasteiger partial charge in [-0.25, -0.2) is 0 Å². The predicted octanol–water partition coefficient (Wildman–Crippen LogP) is 4.77. The van der Waals surface area contributed by atoms with Gasteiger partial charge in [-0.1, -0.05) is 66.6 Å². The van der Waals surface area contributed by atoms with Crippen LogP contribution in [0.3, 0.4) is 0 Å². The zero-order valence-electron chi connectivity index (χ0n) is 11.4. The number of nitrogens with zero attached hydrogens (tertiary/aromatic N) is 3. The van der Waals surface area contributed by atoms with E-state index < -0.39 is 0 Å². The SMILES string of the molecule is CC(N=[N+]=[N-])c1ccc(COCc2ccccc2)cc1. The van der Waals surface area contributed by atoms with Crippen molar-refractivity contribution in [2.75, 3.05) is 0 Å². The van der Waals surface area contributed by atoms with Crippen molar-refractivity contribution in [1.29, 1.82) is 0 Å². The Kier molecular flexibility index (Phi) is 5.18. The molecule has 2 rings (SSSR count). The van der Waals surface area contributed by atoms with Gasteiger partial charge in [0, 0.05) is 4.91 Å². The molecule has 0 bridgehead atoms. The highest BCUT2D eigenvalue weighted by Gasteiger charge is 2.02. The summed E-state index contributed by atoms with van der Waals surface area (Å²) in [4.78, 5) is 2.82. The summed E-state index contributed by atoms with van der Waals surface area (Å²) in [5.74, 6) is 0. The quantitative estimate of drug-likeness (QED) is 0.422. The van der Waals surface area contributed by atoms with Crippen LogP contribution in [-0.4, -0.2) is 0 Å². The van der Waals surface area contributed by atoms with Crippen molar-refractivity contribution in [2.45, 2.75) is 26.2 Å². The minimum Gasteiger partial charge on any atom is -0.372 e. The average molecular weight is 267 g/mol. The van der Waals surface area contributed by atoms with Crippen molar-refractivity contribution >= 4 is 0 Å². The summed E-state index contributed by atoms with van der Waals surface area (Å²) in [6.45, 7) is 3.06. The Bertz CT molecular complexity index is 574. The van der Waals surface area contributed by atoms with Gasteiger partial charge in [-0.15, -0.1) is 0 Å². The lowest BCUT2D eigenvalue weighted by atomic mass is 10.1. The van der Waals surface area contributed by atoms with Gasteiger partial charge >= 0.3 is 0 Å². The second-order valence-electron chi connectivity index (χ2n) is 4.60. The van der Waals surface area contributed by atoms with E-state index in [1.54, 1.807) is 0 Å². The standard InChI is InChI=1S/C16H17N3O/c1-13(18-19-17)16-9-7-15(8-10-16)12-20-11-14-5-3-2-4-6-14/h2-10,13H,11-12H2,1H3. The van der Waals surface area contributed by atoms with Crippen LogP contribution in [0.25, 0.3) is 10.4 Å². The first kappa shape index (κ1) is 14.1. The third-order valence-electron chi connectivity index (χ3n) is 3.07. The number of hydrogen-bond donors (Lipinski definition) is 0. The molecule has 4 heteroatoms. The van der Waals surface area contributed by atoms with Crippen LogP contribution < -0.4 is 0 Å². The number of benzene rings is 2. The van der Waals surface area contributed by atoms with Gasteiger partial charge in [0.05, 0.1) is 19.3 Å². The summed E-state index contributed by atoms with van der Waals surface area (Å²) in [5, 5.41) is 3.68. The fourth-order valence-electron chi connectivity index (χ4n) is 1.90. The molecule has 20 heavy (non-hydrogen) atoms. The van der Waals surface area contributed by atoms with Crippen molar-refractivity contribution in [2.24, 2.45) is 5.11 Å². The summed E-state index contributed by atoms with van der Waals surface area (Å²) in [6, 6.07) is 17.9. The summed E-state index contributed by atoms with van der Waals surface area (Å²) in [5.41, 5.74) is 11.7. The topological polar surface area (TPSA) is 58.0 Å². The van der Waals surface area contributed by atoms with Crippen LogP contribution in [0.5, 0.6) is 0 Å². The zero-order chi connectivity index (χ0) is 14.2. The molecular weight excluding hydrogens is 250 g/mol. The van der Waals surface area contributed by atoms with E-state index in [0.717, 1.165) is 11.1 Å². The first-order chi connectivity index (χ1) is 9.79. The minimum absolute atomic E-state index is 0.140. The third-order valence-corrected chi connectivity index (χ3v) is 3.07. The Morgan fingerprint density at radius 3 is 2.20 bits per heavy atom. The van der Waals surface area contributed by atoms with E-state index in [9.17, 15) is 0 Å². The number of hydrogen-bond acceptors (Lipinski definition) is 2. The van der Waals surface area contributed by atoms with Gasteiger partial charge in [0.2, 0.25) is 0 Å². The van der Waals surface area contributed by atoms with E-state index in [2.05, 4.69) is 10.0 Å². The zero-order valence-corrected chi connectivity index (χ0v) is 11.4. The fourth-order valence-corrected chi connectivity index (χ4v) is 1.90. The molecule has 0 aliphatic carbocycles. The number of rotatable bonds is 6. The Morgan fingerprint density at radius 1 is 1.00 bits per heavy atom. The van der Waals surface area contributed by atoms with Crippen molar-refractivity contribution in [3.63, 3.8) is 0 Å². The lowest BCUT2D eigenvalue weighted by molar-refractivity contribution is 0.107. The van der Waals surface area contributed by atoms with Crippen LogP contribution in [0.2, 0.25) is 0 Å². The second-order valence-corrected chi connectivity index (χ2v) is 4.60. The summed E-state index contributed by atoms with van der Waals surface area (Å²) < 4.78 is 5.67. The fraction of sp³-hybridized carbons (Fsp3) is 0.250. The van der Waals surface area contributed by atoms with E-state index in [4.69, 9.17) is 10.3 Å². The van der Waals surface area contributed by atoms with Gasteiger partial charge in [-0.2, -0.15) is 0 Å². The van der Waals surface area contributed by atoms with E-state index in [1.807, 2.05) is 61.5 Å². The van der Waals surface area contributed by atoms with Crippen LogP contribution in [0.4, 0.5) is 0 Å². The third kappa shape index (κ3) is 4.12. The van der Waals surface area contributed by atoms with Crippen LogP contribution >= 0.6 is 0 Å². The molecule has 0 radical (unpaired) electrons. The second kappa shape index (κ2) is 7.34. The normalized spacial score (nSPS) is 11.7. The molecule has 0 fully saturated rings. The number of azide groups is 1. The summed E-state index contributed by atoms with van der Waals surface area (Å²) in [7, 11) is 0. The molecule has 1 atom stereocenters. The monoisotopic (exact) mass is 267 g/mol. The molecule has 102 valence electrons. The highest BCUT2D eigenvalue weighted by Crippen LogP contribution is 2.17. The molecule has 0 saturated carbocycles. The lowest BCUT2D eigenvalue weighted by Gasteiger charge is -2.07. The molecule has 2 aromatic rings. The van der Waals surface area contributed by atoms with Crippen LogP contribution in [0.1, 0.15) is 29.7 Å². The molecule has 0 aliphatic rings. The van der Waals surface area contributed by atoms with Gasteiger partial charge in [-0.3, -0.25) is 0 Å².